The normalized spacial score (nSPS) is 9.75. The van der Waals surface area contributed by atoms with Crippen molar-refractivity contribution in [3.05, 3.63) is 57.8 Å². The molecule has 0 spiro atoms. The first-order valence-corrected chi connectivity index (χ1v) is 5.87. The monoisotopic (exact) mass is 229 g/mol. The quantitative estimate of drug-likeness (QED) is 0.427. The number of azide groups is 1. The molecule has 0 aliphatic heterocycles. The molecule has 1 aromatic heterocycles. The third-order valence-electron chi connectivity index (χ3n) is 2.24. The lowest BCUT2D eigenvalue weighted by molar-refractivity contribution is 0.974. The lowest BCUT2D eigenvalue weighted by Crippen LogP contribution is -1.82. The number of hydrogen-bond donors (Lipinski definition) is 0. The van der Waals surface area contributed by atoms with E-state index in [0.29, 0.717) is 6.54 Å². The Labute approximate surface area is 98.0 Å². The summed E-state index contributed by atoms with van der Waals surface area (Å²) in [7, 11) is 0. The summed E-state index contributed by atoms with van der Waals surface area (Å²) >= 11 is 1.75. The van der Waals surface area contributed by atoms with Crippen molar-refractivity contribution in [1.82, 2.24) is 0 Å². The van der Waals surface area contributed by atoms with E-state index in [1.54, 1.807) is 11.3 Å². The summed E-state index contributed by atoms with van der Waals surface area (Å²) in [5.41, 5.74) is 9.43. The SMILES string of the molecule is [N-]=[N+]=NCCc1ccc(-c2ccccc2)s1. The summed E-state index contributed by atoms with van der Waals surface area (Å²) in [4.78, 5) is 5.26. The maximum absolute atomic E-state index is 8.19. The van der Waals surface area contributed by atoms with Crippen LogP contribution < -0.4 is 0 Å². The van der Waals surface area contributed by atoms with Gasteiger partial charge in [0.05, 0.1) is 0 Å². The van der Waals surface area contributed by atoms with Crippen LogP contribution in [0.5, 0.6) is 0 Å². The zero-order valence-electron chi connectivity index (χ0n) is 8.71. The highest BCUT2D eigenvalue weighted by Gasteiger charge is 2.01. The molecule has 1 aromatic carbocycles. The van der Waals surface area contributed by atoms with Crippen molar-refractivity contribution in [3.8, 4) is 10.4 Å². The van der Waals surface area contributed by atoms with Gasteiger partial charge >= 0.3 is 0 Å². The molecule has 3 nitrogen and oxygen atoms in total. The predicted octanol–water partition coefficient (Wildman–Crippen LogP) is 4.27. The minimum absolute atomic E-state index is 0.533. The zero-order chi connectivity index (χ0) is 11.2. The number of hydrogen-bond acceptors (Lipinski definition) is 2. The second-order valence-electron chi connectivity index (χ2n) is 3.34. The fourth-order valence-corrected chi connectivity index (χ4v) is 2.48. The smallest absolute Gasteiger partial charge is 0.0345 e. The highest BCUT2D eigenvalue weighted by Crippen LogP contribution is 2.27. The van der Waals surface area contributed by atoms with Crippen LogP contribution in [0.1, 0.15) is 4.88 Å². The van der Waals surface area contributed by atoms with Crippen molar-refractivity contribution >= 4 is 11.3 Å². The summed E-state index contributed by atoms with van der Waals surface area (Å²) < 4.78 is 0. The van der Waals surface area contributed by atoms with E-state index in [1.165, 1.54) is 15.3 Å². The van der Waals surface area contributed by atoms with E-state index in [4.69, 9.17) is 5.53 Å². The third-order valence-corrected chi connectivity index (χ3v) is 3.44. The summed E-state index contributed by atoms with van der Waals surface area (Å²) in [5, 5.41) is 3.54. The molecule has 0 amide bonds. The van der Waals surface area contributed by atoms with Gasteiger partial charge in [-0.2, -0.15) is 0 Å². The van der Waals surface area contributed by atoms with Crippen molar-refractivity contribution in [2.24, 2.45) is 5.11 Å². The van der Waals surface area contributed by atoms with E-state index in [-0.39, 0.29) is 0 Å². The predicted molar refractivity (Wildman–Crippen MR) is 67.5 cm³/mol. The van der Waals surface area contributed by atoms with Crippen molar-refractivity contribution in [2.45, 2.75) is 6.42 Å². The van der Waals surface area contributed by atoms with Gasteiger partial charge in [0.25, 0.3) is 0 Å². The minimum atomic E-state index is 0.533. The van der Waals surface area contributed by atoms with Gasteiger partial charge in [-0.05, 0) is 29.6 Å². The van der Waals surface area contributed by atoms with Crippen molar-refractivity contribution < 1.29 is 0 Å². The molecular weight excluding hydrogens is 218 g/mol. The van der Waals surface area contributed by atoms with Gasteiger partial charge in [0.15, 0.2) is 0 Å². The Morgan fingerprint density at radius 1 is 1.12 bits per heavy atom. The van der Waals surface area contributed by atoms with Crippen LogP contribution in [0.4, 0.5) is 0 Å². The number of nitrogens with zero attached hydrogens (tertiary/aromatic N) is 3. The van der Waals surface area contributed by atoms with Gasteiger partial charge in [0.1, 0.15) is 0 Å². The average Bonchev–Trinajstić information content (AvgIpc) is 2.79. The molecule has 0 bridgehead atoms. The van der Waals surface area contributed by atoms with Gasteiger partial charge in [0.2, 0.25) is 0 Å². The Balaban J connectivity index is 2.11. The van der Waals surface area contributed by atoms with E-state index in [2.05, 4.69) is 34.3 Å². The molecule has 0 saturated heterocycles. The van der Waals surface area contributed by atoms with Gasteiger partial charge < -0.3 is 0 Å². The van der Waals surface area contributed by atoms with Crippen molar-refractivity contribution in [3.63, 3.8) is 0 Å². The molecule has 2 rings (SSSR count). The fraction of sp³-hybridized carbons (Fsp3) is 0.167. The molecule has 0 radical (unpaired) electrons. The average molecular weight is 229 g/mol. The number of benzene rings is 1. The van der Waals surface area contributed by atoms with E-state index in [0.717, 1.165) is 6.42 Å². The van der Waals surface area contributed by atoms with Crippen LogP contribution in [0.15, 0.2) is 47.6 Å². The maximum Gasteiger partial charge on any atom is 0.0345 e. The molecule has 80 valence electrons. The molecule has 0 N–H and O–H groups in total. The van der Waals surface area contributed by atoms with Crippen molar-refractivity contribution in [1.29, 1.82) is 0 Å². The molecule has 0 saturated carbocycles. The maximum atomic E-state index is 8.19. The molecule has 4 heteroatoms. The molecule has 2 aromatic rings. The second kappa shape index (κ2) is 5.35. The Kier molecular flexibility index (Phi) is 3.59. The molecule has 16 heavy (non-hydrogen) atoms. The molecule has 0 atom stereocenters. The van der Waals surface area contributed by atoms with Crippen LogP contribution in [-0.2, 0) is 6.42 Å². The Morgan fingerprint density at radius 3 is 2.69 bits per heavy atom. The van der Waals surface area contributed by atoms with Crippen LogP contribution in [0.3, 0.4) is 0 Å². The highest BCUT2D eigenvalue weighted by molar-refractivity contribution is 7.15. The first-order chi connectivity index (χ1) is 7.90. The number of thiophene rings is 1. The lowest BCUT2D eigenvalue weighted by atomic mass is 10.2. The van der Waals surface area contributed by atoms with Crippen LogP contribution >= 0.6 is 11.3 Å². The van der Waals surface area contributed by atoms with Gasteiger partial charge in [0, 0.05) is 21.2 Å². The van der Waals surface area contributed by atoms with Gasteiger partial charge in [-0.15, -0.1) is 11.3 Å². The highest BCUT2D eigenvalue weighted by atomic mass is 32.1. The molecule has 0 fully saturated rings. The Morgan fingerprint density at radius 2 is 1.94 bits per heavy atom. The van der Waals surface area contributed by atoms with E-state index >= 15 is 0 Å². The van der Waals surface area contributed by atoms with Gasteiger partial charge in [-0.1, -0.05) is 35.4 Å². The van der Waals surface area contributed by atoms with Gasteiger partial charge in [-0.25, -0.2) is 0 Å². The molecule has 0 aliphatic carbocycles. The second-order valence-corrected chi connectivity index (χ2v) is 4.50. The summed E-state index contributed by atoms with van der Waals surface area (Å²) in [5.74, 6) is 0. The van der Waals surface area contributed by atoms with Crippen LogP contribution in [0, 0.1) is 0 Å². The molecular formula is C12H11N3S. The first kappa shape index (κ1) is 10.7. The minimum Gasteiger partial charge on any atom is -0.140 e. The fourth-order valence-electron chi connectivity index (χ4n) is 1.47. The van der Waals surface area contributed by atoms with Crippen LogP contribution in [0.25, 0.3) is 20.9 Å². The molecule has 1 heterocycles. The van der Waals surface area contributed by atoms with Crippen LogP contribution in [0.2, 0.25) is 0 Å². The van der Waals surface area contributed by atoms with Crippen LogP contribution in [-0.4, -0.2) is 6.54 Å². The van der Waals surface area contributed by atoms with Crippen molar-refractivity contribution in [2.75, 3.05) is 6.54 Å². The molecule has 0 aliphatic rings. The number of rotatable bonds is 4. The largest absolute Gasteiger partial charge is 0.140 e. The van der Waals surface area contributed by atoms with Gasteiger partial charge in [-0.3, -0.25) is 0 Å². The van der Waals surface area contributed by atoms with E-state index < -0.39 is 0 Å². The summed E-state index contributed by atoms with van der Waals surface area (Å²) in [6.45, 7) is 0.533. The van der Waals surface area contributed by atoms with E-state index in [1.807, 2.05) is 18.2 Å². The Hall–Kier alpha value is -1.77. The lowest BCUT2D eigenvalue weighted by Gasteiger charge is -1.95. The topological polar surface area (TPSA) is 48.8 Å². The summed E-state index contributed by atoms with van der Waals surface area (Å²) in [6, 6.07) is 14.5. The van der Waals surface area contributed by atoms with E-state index in [9.17, 15) is 0 Å². The molecule has 0 unspecified atom stereocenters. The Bertz CT molecular complexity index is 498. The first-order valence-electron chi connectivity index (χ1n) is 5.05. The standard InChI is InChI=1S/C12H11N3S/c13-15-14-9-8-11-6-7-12(16-11)10-4-2-1-3-5-10/h1-7H,8-9H2. The third kappa shape index (κ3) is 2.63. The zero-order valence-corrected chi connectivity index (χ0v) is 9.52. The summed E-state index contributed by atoms with van der Waals surface area (Å²) in [6.07, 6.45) is 0.821.